The molecular weight excluding hydrogens is 356 g/mol. The highest BCUT2D eigenvalue weighted by Gasteiger charge is 2.06. The van der Waals surface area contributed by atoms with Crippen molar-refractivity contribution in [3.05, 3.63) is 59.7 Å². The molecule has 3 N–H and O–H groups in total. The van der Waals surface area contributed by atoms with Gasteiger partial charge in [0.15, 0.2) is 5.96 Å². The lowest BCUT2D eigenvalue weighted by Crippen LogP contribution is -2.41. The Morgan fingerprint density at radius 1 is 0.964 bits per heavy atom. The van der Waals surface area contributed by atoms with Crippen molar-refractivity contribution in [1.82, 2.24) is 16.0 Å². The van der Waals surface area contributed by atoms with E-state index in [1.54, 1.807) is 26.4 Å². The summed E-state index contributed by atoms with van der Waals surface area (Å²) in [6.07, 6.45) is 0. The van der Waals surface area contributed by atoms with Gasteiger partial charge in [-0.25, -0.2) is 4.99 Å². The van der Waals surface area contributed by atoms with Crippen molar-refractivity contribution >= 4 is 11.9 Å². The largest absolute Gasteiger partial charge is 0.497 e. The molecule has 0 saturated heterocycles. The molecule has 0 atom stereocenters. The molecule has 0 spiro atoms. The number of ether oxygens (including phenoxy) is 2. The maximum Gasteiger partial charge on any atom is 0.251 e. The van der Waals surface area contributed by atoms with E-state index >= 15 is 0 Å². The van der Waals surface area contributed by atoms with Crippen LogP contribution in [0.15, 0.2) is 53.5 Å². The van der Waals surface area contributed by atoms with Crippen LogP contribution in [0.25, 0.3) is 0 Å². The van der Waals surface area contributed by atoms with E-state index in [2.05, 4.69) is 20.9 Å². The number of rotatable bonds is 9. The molecule has 0 aliphatic rings. The van der Waals surface area contributed by atoms with Gasteiger partial charge in [-0.1, -0.05) is 18.2 Å². The van der Waals surface area contributed by atoms with Gasteiger partial charge in [0.25, 0.3) is 5.91 Å². The van der Waals surface area contributed by atoms with Gasteiger partial charge >= 0.3 is 0 Å². The molecule has 7 nitrogen and oxygen atoms in total. The van der Waals surface area contributed by atoms with E-state index in [-0.39, 0.29) is 5.91 Å². The molecule has 0 radical (unpaired) electrons. The summed E-state index contributed by atoms with van der Waals surface area (Å²) in [4.78, 5) is 16.6. The van der Waals surface area contributed by atoms with Crippen molar-refractivity contribution in [2.45, 2.75) is 13.5 Å². The van der Waals surface area contributed by atoms with Crippen LogP contribution >= 0.6 is 0 Å². The molecule has 150 valence electrons. The summed E-state index contributed by atoms with van der Waals surface area (Å²) >= 11 is 0. The van der Waals surface area contributed by atoms with E-state index < -0.39 is 0 Å². The smallest absolute Gasteiger partial charge is 0.251 e. The van der Waals surface area contributed by atoms with Crippen molar-refractivity contribution in [2.75, 3.05) is 33.9 Å². The maximum absolute atomic E-state index is 12.0. The second-order valence-corrected chi connectivity index (χ2v) is 5.92. The third-order valence-electron chi connectivity index (χ3n) is 3.98. The van der Waals surface area contributed by atoms with Gasteiger partial charge in [-0.05, 0) is 31.2 Å². The minimum atomic E-state index is -0.0905. The quantitative estimate of drug-likeness (QED) is 0.351. The number of nitrogens with zero attached hydrogens (tertiary/aromatic N) is 1. The van der Waals surface area contributed by atoms with Crippen LogP contribution in [0.2, 0.25) is 0 Å². The fourth-order valence-electron chi connectivity index (χ4n) is 2.54. The van der Waals surface area contributed by atoms with Gasteiger partial charge in [-0.2, -0.15) is 0 Å². The highest BCUT2D eigenvalue weighted by atomic mass is 16.5. The van der Waals surface area contributed by atoms with E-state index in [0.717, 1.165) is 23.6 Å². The number of aliphatic imine (C=N–C) groups is 1. The highest BCUT2D eigenvalue weighted by Crippen LogP contribution is 2.25. The first-order valence-corrected chi connectivity index (χ1v) is 9.24. The second-order valence-electron chi connectivity index (χ2n) is 5.92. The van der Waals surface area contributed by atoms with Crippen LogP contribution in [-0.4, -0.2) is 45.7 Å². The first-order valence-electron chi connectivity index (χ1n) is 9.24. The summed E-state index contributed by atoms with van der Waals surface area (Å²) in [5.74, 6) is 2.06. The molecule has 0 heterocycles. The summed E-state index contributed by atoms with van der Waals surface area (Å²) < 4.78 is 10.6. The minimum Gasteiger partial charge on any atom is -0.497 e. The topological polar surface area (TPSA) is 84.0 Å². The van der Waals surface area contributed by atoms with Crippen LogP contribution in [0.3, 0.4) is 0 Å². The van der Waals surface area contributed by atoms with Crippen molar-refractivity contribution in [2.24, 2.45) is 4.99 Å². The average molecular weight is 384 g/mol. The number of carbonyl (C=O) groups is 1. The molecule has 2 aromatic rings. The molecule has 28 heavy (non-hydrogen) atoms. The van der Waals surface area contributed by atoms with E-state index in [1.165, 1.54) is 0 Å². The third-order valence-corrected chi connectivity index (χ3v) is 3.98. The Kier molecular flexibility index (Phi) is 8.65. The van der Waals surface area contributed by atoms with Crippen LogP contribution in [0.4, 0.5) is 0 Å². The predicted molar refractivity (Wildman–Crippen MR) is 111 cm³/mol. The van der Waals surface area contributed by atoms with E-state index in [9.17, 15) is 4.79 Å². The number of methoxy groups -OCH3 is 2. The van der Waals surface area contributed by atoms with Gasteiger partial charge < -0.3 is 25.4 Å². The number of hydrogen-bond acceptors (Lipinski definition) is 4. The Bertz CT molecular complexity index is 778. The molecule has 1 amide bonds. The molecule has 2 rings (SSSR count). The van der Waals surface area contributed by atoms with Crippen molar-refractivity contribution in [1.29, 1.82) is 0 Å². The molecule has 0 aliphatic carbocycles. The van der Waals surface area contributed by atoms with E-state index in [4.69, 9.17) is 9.47 Å². The molecule has 0 fully saturated rings. The van der Waals surface area contributed by atoms with Crippen LogP contribution in [-0.2, 0) is 6.54 Å². The summed E-state index contributed by atoms with van der Waals surface area (Å²) in [6.45, 7) is 4.25. The van der Waals surface area contributed by atoms with E-state index in [1.807, 2.05) is 43.3 Å². The van der Waals surface area contributed by atoms with Gasteiger partial charge in [0.05, 0.1) is 20.8 Å². The number of amides is 1. The predicted octanol–water partition coefficient (Wildman–Crippen LogP) is 2.19. The van der Waals surface area contributed by atoms with E-state index in [0.29, 0.717) is 31.2 Å². The summed E-state index contributed by atoms with van der Waals surface area (Å²) in [5.41, 5.74) is 1.60. The van der Waals surface area contributed by atoms with Crippen molar-refractivity contribution in [3.63, 3.8) is 0 Å². The van der Waals surface area contributed by atoms with Crippen LogP contribution in [0.5, 0.6) is 11.5 Å². The lowest BCUT2D eigenvalue weighted by Gasteiger charge is -2.13. The van der Waals surface area contributed by atoms with Crippen molar-refractivity contribution in [3.8, 4) is 11.5 Å². The van der Waals surface area contributed by atoms with Gasteiger partial charge in [0.1, 0.15) is 11.5 Å². The van der Waals surface area contributed by atoms with Crippen LogP contribution < -0.4 is 25.4 Å². The van der Waals surface area contributed by atoms with Gasteiger partial charge in [-0.3, -0.25) is 4.79 Å². The van der Waals surface area contributed by atoms with Gasteiger partial charge in [-0.15, -0.1) is 0 Å². The summed E-state index contributed by atoms with van der Waals surface area (Å²) in [6, 6.07) is 14.8. The number of guanidine groups is 1. The molecular formula is C21H28N4O3. The number of nitrogens with one attached hydrogen (secondary N) is 3. The second kappa shape index (κ2) is 11.5. The normalized spacial score (nSPS) is 10.9. The first-order chi connectivity index (χ1) is 13.7. The molecule has 0 bridgehead atoms. The molecule has 0 aliphatic heterocycles. The standard InChI is InChI=1S/C21H28N4O3/c1-4-22-21(24-13-12-23-20(26)16-8-6-5-7-9-16)25-15-17-10-11-18(27-2)14-19(17)28-3/h5-11,14H,4,12-13,15H2,1-3H3,(H,23,26)(H2,22,24,25). The minimum absolute atomic E-state index is 0.0905. The van der Waals surface area contributed by atoms with Crippen LogP contribution in [0.1, 0.15) is 22.8 Å². The van der Waals surface area contributed by atoms with Gasteiger partial charge in [0, 0.05) is 36.8 Å². The Labute approximate surface area is 166 Å². The molecule has 0 unspecified atom stereocenters. The first kappa shape index (κ1) is 21.1. The number of hydrogen-bond donors (Lipinski definition) is 3. The zero-order chi connectivity index (χ0) is 20.2. The fourth-order valence-corrected chi connectivity index (χ4v) is 2.54. The Balaban J connectivity index is 1.87. The van der Waals surface area contributed by atoms with Crippen LogP contribution in [0, 0.1) is 0 Å². The Hall–Kier alpha value is -3.22. The fraction of sp³-hybridized carbons (Fsp3) is 0.333. The highest BCUT2D eigenvalue weighted by molar-refractivity contribution is 5.94. The number of carbonyl (C=O) groups excluding carboxylic acids is 1. The molecule has 0 aromatic heterocycles. The maximum atomic E-state index is 12.0. The average Bonchev–Trinajstić information content (AvgIpc) is 2.75. The number of benzene rings is 2. The monoisotopic (exact) mass is 384 g/mol. The Morgan fingerprint density at radius 3 is 2.39 bits per heavy atom. The zero-order valence-corrected chi connectivity index (χ0v) is 16.6. The van der Waals surface area contributed by atoms with Crippen molar-refractivity contribution < 1.29 is 14.3 Å². The van der Waals surface area contributed by atoms with Gasteiger partial charge in [0.2, 0.25) is 0 Å². The summed E-state index contributed by atoms with van der Waals surface area (Å²) in [7, 11) is 3.25. The third kappa shape index (κ3) is 6.50. The molecule has 7 heteroatoms. The Morgan fingerprint density at radius 2 is 1.71 bits per heavy atom. The zero-order valence-electron chi connectivity index (χ0n) is 16.6. The SMILES string of the molecule is CCNC(=NCc1ccc(OC)cc1OC)NCCNC(=O)c1ccccc1. The molecule has 0 saturated carbocycles. The lowest BCUT2D eigenvalue weighted by atomic mass is 10.2. The lowest BCUT2D eigenvalue weighted by molar-refractivity contribution is 0.0954. The molecule has 2 aromatic carbocycles. The summed E-state index contributed by atoms with van der Waals surface area (Å²) in [5, 5.41) is 9.29.